The van der Waals surface area contributed by atoms with Crippen molar-refractivity contribution < 1.29 is 28.8 Å². The molecule has 0 aromatic heterocycles. The molecule has 2 fully saturated rings. The first-order chi connectivity index (χ1) is 11.7. The van der Waals surface area contributed by atoms with E-state index in [1.807, 2.05) is 31.2 Å². The van der Waals surface area contributed by atoms with Gasteiger partial charge in [0.2, 0.25) is 12.2 Å². The van der Waals surface area contributed by atoms with E-state index in [1.165, 1.54) is 6.92 Å². The van der Waals surface area contributed by atoms with Gasteiger partial charge in [-0.15, -0.1) is 0 Å². The molecule has 2 saturated heterocycles. The fraction of sp³-hybridized carbons (Fsp3) is 0.611. The van der Waals surface area contributed by atoms with Gasteiger partial charge in [-0.05, 0) is 32.9 Å². The van der Waals surface area contributed by atoms with E-state index in [0.717, 1.165) is 5.56 Å². The van der Waals surface area contributed by atoms with Gasteiger partial charge in [-0.25, -0.2) is 0 Å². The fourth-order valence-corrected chi connectivity index (χ4v) is 3.08. The summed E-state index contributed by atoms with van der Waals surface area (Å²) < 4.78 is 23.3. The van der Waals surface area contributed by atoms with Crippen LogP contribution >= 0.6 is 0 Å². The van der Waals surface area contributed by atoms with Crippen molar-refractivity contribution in [3.8, 4) is 5.75 Å². The Balaban J connectivity index is 1.80. The highest BCUT2D eigenvalue weighted by Gasteiger charge is 2.52. The first-order valence-electron chi connectivity index (χ1n) is 8.41. The third kappa shape index (κ3) is 4.12. The molecule has 7 heteroatoms. The van der Waals surface area contributed by atoms with E-state index in [1.54, 1.807) is 13.8 Å². The summed E-state index contributed by atoms with van der Waals surface area (Å²) in [5.41, 5.74) is 1.10. The standard InChI is InChI=1S/C18H25NO6/c1-10-5-7-12(8-6-10)23-17-14(19-11(2)20)15(21)16-13(24-17)9-22-18(3,4)25-16/h5-8,13-17,21H,9H2,1-4H3,(H,19,20)/t13-,14-,15-,16-,17-/m0/s1. The van der Waals surface area contributed by atoms with Crippen molar-refractivity contribution >= 4 is 5.91 Å². The molecule has 2 aliphatic heterocycles. The monoisotopic (exact) mass is 351 g/mol. The number of fused-ring (bicyclic) bond motifs is 1. The van der Waals surface area contributed by atoms with Gasteiger partial charge in [0.15, 0.2) is 5.79 Å². The van der Waals surface area contributed by atoms with Crippen molar-refractivity contribution in [3.63, 3.8) is 0 Å². The fourth-order valence-electron chi connectivity index (χ4n) is 3.08. The molecule has 2 aliphatic rings. The molecule has 0 unspecified atom stereocenters. The largest absolute Gasteiger partial charge is 0.463 e. The van der Waals surface area contributed by atoms with Gasteiger partial charge in [0.1, 0.15) is 30.1 Å². The molecule has 2 heterocycles. The predicted molar refractivity (Wildman–Crippen MR) is 89.0 cm³/mol. The maximum absolute atomic E-state index is 11.6. The molecule has 0 saturated carbocycles. The summed E-state index contributed by atoms with van der Waals surface area (Å²) in [6.07, 6.45) is -2.93. The van der Waals surface area contributed by atoms with Gasteiger partial charge in [0.25, 0.3) is 0 Å². The van der Waals surface area contributed by atoms with E-state index in [2.05, 4.69) is 5.32 Å². The zero-order valence-electron chi connectivity index (χ0n) is 14.9. The van der Waals surface area contributed by atoms with Crippen LogP contribution in [0.15, 0.2) is 24.3 Å². The summed E-state index contributed by atoms with van der Waals surface area (Å²) in [6, 6.07) is 6.71. The van der Waals surface area contributed by atoms with E-state index in [-0.39, 0.29) is 12.5 Å². The van der Waals surface area contributed by atoms with Crippen molar-refractivity contribution in [3.05, 3.63) is 29.8 Å². The minimum atomic E-state index is -0.985. The predicted octanol–water partition coefficient (Wildman–Crippen LogP) is 1.12. The Morgan fingerprint density at radius 2 is 2.00 bits per heavy atom. The van der Waals surface area contributed by atoms with Crippen LogP contribution in [0.2, 0.25) is 0 Å². The van der Waals surface area contributed by atoms with Crippen molar-refractivity contribution in [2.24, 2.45) is 0 Å². The van der Waals surface area contributed by atoms with E-state index in [9.17, 15) is 9.90 Å². The molecule has 7 nitrogen and oxygen atoms in total. The van der Waals surface area contributed by atoms with E-state index >= 15 is 0 Å². The van der Waals surface area contributed by atoms with Crippen LogP contribution in [0.4, 0.5) is 0 Å². The number of aliphatic hydroxyl groups excluding tert-OH is 1. The van der Waals surface area contributed by atoms with Crippen LogP contribution < -0.4 is 10.1 Å². The first kappa shape index (κ1) is 18.1. The summed E-state index contributed by atoms with van der Waals surface area (Å²) in [5, 5.41) is 13.5. The van der Waals surface area contributed by atoms with Crippen LogP contribution in [-0.4, -0.2) is 54.1 Å². The van der Waals surface area contributed by atoms with Crippen LogP contribution in [0.25, 0.3) is 0 Å². The van der Waals surface area contributed by atoms with Gasteiger partial charge in [-0.1, -0.05) is 17.7 Å². The molecule has 1 aromatic rings. The lowest BCUT2D eigenvalue weighted by Gasteiger charge is -2.49. The molecule has 0 radical (unpaired) electrons. The minimum absolute atomic E-state index is 0.273. The Bertz CT molecular complexity index is 616. The molecular weight excluding hydrogens is 326 g/mol. The van der Waals surface area contributed by atoms with Crippen LogP contribution in [0.1, 0.15) is 26.3 Å². The summed E-state index contributed by atoms with van der Waals surface area (Å²) in [5.74, 6) is -0.513. The van der Waals surface area contributed by atoms with Crippen LogP contribution in [0.5, 0.6) is 5.75 Å². The molecule has 2 N–H and O–H groups in total. The Morgan fingerprint density at radius 3 is 2.64 bits per heavy atom. The molecule has 0 bridgehead atoms. The quantitative estimate of drug-likeness (QED) is 0.849. The Hall–Kier alpha value is -1.67. The second-order valence-corrected chi connectivity index (χ2v) is 6.98. The summed E-state index contributed by atoms with van der Waals surface area (Å²) in [6.45, 7) is 7.19. The lowest BCUT2D eigenvalue weighted by Crippen LogP contribution is -2.69. The van der Waals surface area contributed by atoms with Crippen molar-refractivity contribution in [2.45, 2.75) is 64.1 Å². The molecule has 5 atom stereocenters. The number of rotatable bonds is 3. The Kier molecular flexibility index (Phi) is 5.02. The topological polar surface area (TPSA) is 86.3 Å². The zero-order chi connectivity index (χ0) is 18.2. The highest BCUT2D eigenvalue weighted by Crippen LogP contribution is 2.33. The molecular formula is C18H25NO6. The highest BCUT2D eigenvalue weighted by molar-refractivity contribution is 5.73. The minimum Gasteiger partial charge on any atom is -0.463 e. The number of carbonyl (C=O) groups is 1. The number of hydrogen-bond donors (Lipinski definition) is 2. The van der Waals surface area contributed by atoms with Gasteiger partial charge in [0, 0.05) is 6.92 Å². The number of nitrogens with one attached hydrogen (secondary N) is 1. The number of amides is 1. The number of ether oxygens (including phenoxy) is 4. The van der Waals surface area contributed by atoms with Gasteiger partial charge >= 0.3 is 0 Å². The molecule has 138 valence electrons. The maximum atomic E-state index is 11.6. The maximum Gasteiger partial charge on any atom is 0.223 e. The van der Waals surface area contributed by atoms with E-state index in [0.29, 0.717) is 5.75 Å². The average Bonchev–Trinajstić information content (AvgIpc) is 2.53. The second-order valence-electron chi connectivity index (χ2n) is 6.98. The molecule has 1 amide bonds. The van der Waals surface area contributed by atoms with Gasteiger partial charge in [0.05, 0.1) is 6.61 Å². The van der Waals surface area contributed by atoms with Crippen LogP contribution in [0, 0.1) is 6.92 Å². The summed E-state index contributed by atoms with van der Waals surface area (Å²) >= 11 is 0. The summed E-state index contributed by atoms with van der Waals surface area (Å²) in [7, 11) is 0. The molecule has 3 rings (SSSR count). The normalized spacial score (nSPS) is 34.0. The third-order valence-electron chi connectivity index (χ3n) is 4.33. The lowest BCUT2D eigenvalue weighted by atomic mass is 9.95. The number of aryl methyl sites for hydroxylation is 1. The van der Waals surface area contributed by atoms with Crippen LogP contribution in [-0.2, 0) is 19.0 Å². The smallest absolute Gasteiger partial charge is 0.223 e. The van der Waals surface area contributed by atoms with E-state index in [4.69, 9.17) is 18.9 Å². The highest BCUT2D eigenvalue weighted by atomic mass is 16.8. The zero-order valence-corrected chi connectivity index (χ0v) is 14.9. The van der Waals surface area contributed by atoms with Crippen molar-refractivity contribution in [2.75, 3.05) is 6.61 Å². The third-order valence-corrected chi connectivity index (χ3v) is 4.33. The lowest BCUT2D eigenvalue weighted by molar-refractivity contribution is -0.361. The van der Waals surface area contributed by atoms with Crippen molar-refractivity contribution in [1.82, 2.24) is 5.32 Å². The number of benzene rings is 1. The SMILES string of the molecule is CC(=O)N[C@@H]1[C@@H](Oc2ccc(C)cc2)O[C@H]2COC(C)(C)O[C@@H]2[C@H]1O. The van der Waals surface area contributed by atoms with E-state index < -0.39 is 36.4 Å². The van der Waals surface area contributed by atoms with Gasteiger partial charge in [-0.2, -0.15) is 0 Å². The summed E-state index contributed by atoms with van der Waals surface area (Å²) in [4.78, 5) is 11.6. The number of carbonyl (C=O) groups excluding carboxylic acids is 1. The van der Waals surface area contributed by atoms with Gasteiger partial charge in [-0.3, -0.25) is 4.79 Å². The molecule has 1 aromatic carbocycles. The van der Waals surface area contributed by atoms with Gasteiger partial charge < -0.3 is 29.4 Å². The molecule has 0 spiro atoms. The molecule has 0 aliphatic carbocycles. The average molecular weight is 351 g/mol. The first-order valence-corrected chi connectivity index (χ1v) is 8.41. The Labute approximate surface area is 147 Å². The van der Waals surface area contributed by atoms with Crippen molar-refractivity contribution in [1.29, 1.82) is 0 Å². The molecule has 25 heavy (non-hydrogen) atoms. The second kappa shape index (κ2) is 6.92. The van der Waals surface area contributed by atoms with Crippen LogP contribution in [0.3, 0.4) is 0 Å². The Morgan fingerprint density at radius 1 is 1.32 bits per heavy atom. The number of aliphatic hydroxyl groups is 1. The number of hydrogen-bond acceptors (Lipinski definition) is 6.